The van der Waals surface area contributed by atoms with Crippen LogP contribution in [0.15, 0.2) is 0 Å². The van der Waals surface area contributed by atoms with Crippen LogP contribution in [-0.4, -0.2) is 31.5 Å². The Balaban J connectivity index is 0. The van der Waals surface area contributed by atoms with Gasteiger partial charge in [0, 0.05) is 13.8 Å². The molecule has 0 aromatic carbocycles. The minimum Gasteiger partial charge on any atom is -0.371 e. The second-order valence-corrected chi connectivity index (χ2v) is 4.47. The van der Waals surface area contributed by atoms with Crippen molar-refractivity contribution in [2.75, 3.05) is 0 Å². The summed E-state index contributed by atoms with van der Waals surface area (Å²) in [6.45, 7) is 1.83. The molecule has 0 aromatic rings. The van der Waals surface area contributed by atoms with Crippen molar-refractivity contribution in [1.82, 2.24) is 0 Å². The Morgan fingerprint density at radius 1 is 0.812 bits per heavy atom. The highest BCUT2D eigenvalue weighted by molar-refractivity contribution is 7.47. The van der Waals surface area contributed by atoms with Gasteiger partial charge in [-0.1, -0.05) is 0 Å². The molecule has 0 atom stereocenters. The highest BCUT2D eigenvalue weighted by atomic mass is 31.2. The van der Waals surface area contributed by atoms with Gasteiger partial charge in [-0.3, -0.25) is 29.2 Å². The number of carbonyl (C=O) groups excluding carboxylic acids is 2. The van der Waals surface area contributed by atoms with Crippen molar-refractivity contribution in [2.45, 2.75) is 13.8 Å². The standard InChI is InChI=1S/2C2H5O5P/c2*1-2(3)7-8(4,5)6/h2*1H3,(H2,4,5,6). The van der Waals surface area contributed by atoms with Crippen LogP contribution in [0.2, 0.25) is 0 Å². The second-order valence-electron chi connectivity index (χ2n) is 2.15. The van der Waals surface area contributed by atoms with E-state index in [1.807, 2.05) is 0 Å². The molecule has 0 aliphatic carbocycles. The molecule has 0 rings (SSSR count). The summed E-state index contributed by atoms with van der Waals surface area (Å²) in [6, 6.07) is 0. The van der Waals surface area contributed by atoms with Gasteiger partial charge in [0.05, 0.1) is 0 Å². The monoisotopic (exact) mass is 280 g/mol. The number of rotatable bonds is 2. The highest BCUT2D eigenvalue weighted by Gasteiger charge is 2.16. The highest BCUT2D eigenvalue weighted by Crippen LogP contribution is 2.35. The molecule has 0 aliphatic heterocycles. The summed E-state index contributed by atoms with van der Waals surface area (Å²) in [5.41, 5.74) is 0. The van der Waals surface area contributed by atoms with Crippen LogP contribution in [0, 0.1) is 0 Å². The number of carbonyl (C=O) groups is 2. The predicted octanol–water partition coefficient (Wildman–Crippen LogP) is -0.716. The zero-order valence-corrected chi connectivity index (χ0v) is 9.92. The largest absolute Gasteiger partial charge is 0.526 e. The van der Waals surface area contributed by atoms with Crippen LogP contribution in [0.1, 0.15) is 13.8 Å². The Hall–Kier alpha value is -0.760. The molecule has 0 aliphatic rings. The van der Waals surface area contributed by atoms with Crippen molar-refractivity contribution >= 4 is 27.6 Å². The van der Waals surface area contributed by atoms with Gasteiger partial charge in [0.2, 0.25) is 0 Å². The maximum atomic E-state index is 9.74. The van der Waals surface area contributed by atoms with Crippen LogP contribution in [0.5, 0.6) is 0 Å². The van der Waals surface area contributed by atoms with E-state index >= 15 is 0 Å². The maximum absolute atomic E-state index is 9.74. The molecule has 0 aromatic heterocycles. The first-order valence-corrected chi connectivity index (χ1v) is 6.41. The molecule has 0 fully saturated rings. The van der Waals surface area contributed by atoms with E-state index in [0.717, 1.165) is 13.8 Å². The van der Waals surface area contributed by atoms with E-state index in [1.165, 1.54) is 0 Å². The van der Waals surface area contributed by atoms with Crippen molar-refractivity contribution in [3.05, 3.63) is 0 Å². The van der Waals surface area contributed by atoms with Gasteiger partial charge in [0.25, 0.3) is 0 Å². The van der Waals surface area contributed by atoms with Crippen molar-refractivity contribution in [2.24, 2.45) is 0 Å². The molecule has 12 heteroatoms. The quantitative estimate of drug-likeness (QED) is 0.473. The van der Waals surface area contributed by atoms with Gasteiger partial charge in [-0.05, 0) is 0 Å². The molecule has 0 unspecified atom stereocenters. The lowest BCUT2D eigenvalue weighted by molar-refractivity contribution is -0.134. The van der Waals surface area contributed by atoms with Gasteiger partial charge in [-0.15, -0.1) is 0 Å². The molecule has 0 bridgehead atoms. The lowest BCUT2D eigenvalue weighted by atomic mass is 10.9. The molecule has 96 valence electrons. The van der Waals surface area contributed by atoms with E-state index in [2.05, 4.69) is 9.05 Å². The van der Waals surface area contributed by atoms with Crippen LogP contribution in [0.25, 0.3) is 0 Å². The van der Waals surface area contributed by atoms with E-state index < -0.39 is 27.6 Å². The maximum Gasteiger partial charge on any atom is 0.526 e. The smallest absolute Gasteiger partial charge is 0.371 e. The van der Waals surface area contributed by atoms with E-state index in [0.29, 0.717) is 0 Å². The van der Waals surface area contributed by atoms with Crippen molar-refractivity contribution in [1.29, 1.82) is 0 Å². The molecule has 16 heavy (non-hydrogen) atoms. The minimum atomic E-state index is -4.57. The molecule has 0 spiro atoms. The van der Waals surface area contributed by atoms with Gasteiger partial charge in [0.1, 0.15) is 0 Å². The lowest BCUT2D eigenvalue weighted by Gasteiger charge is -1.98. The summed E-state index contributed by atoms with van der Waals surface area (Å²) >= 11 is 0. The van der Waals surface area contributed by atoms with E-state index in [-0.39, 0.29) is 0 Å². The molecule has 0 amide bonds. The van der Waals surface area contributed by atoms with Crippen LogP contribution in [-0.2, 0) is 27.8 Å². The van der Waals surface area contributed by atoms with Gasteiger partial charge in [-0.25, -0.2) is 9.13 Å². The van der Waals surface area contributed by atoms with E-state index in [4.69, 9.17) is 19.6 Å². The fourth-order valence-electron chi connectivity index (χ4n) is 0.335. The van der Waals surface area contributed by atoms with Crippen LogP contribution in [0.3, 0.4) is 0 Å². The number of hydrogen-bond acceptors (Lipinski definition) is 6. The lowest BCUT2D eigenvalue weighted by Crippen LogP contribution is -1.94. The third kappa shape index (κ3) is 23.2. The van der Waals surface area contributed by atoms with Crippen molar-refractivity contribution < 1.29 is 47.3 Å². The topological polar surface area (TPSA) is 168 Å². The SMILES string of the molecule is CC(=O)OP(=O)(O)O.CC(=O)OP(=O)(O)O. The third-order valence-corrected chi connectivity index (χ3v) is 1.48. The molecule has 0 saturated heterocycles. The van der Waals surface area contributed by atoms with Crippen LogP contribution < -0.4 is 0 Å². The fraction of sp³-hybridized carbons (Fsp3) is 0.500. The third-order valence-electron chi connectivity index (χ3n) is 0.495. The summed E-state index contributed by atoms with van der Waals surface area (Å²) < 4.78 is 26.3. The Kier molecular flexibility index (Phi) is 7.43. The molecular formula is C4H10O10P2. The summed E-state index contributed by atoms with van der Waals surface area (Å²) in [6.07, 6.45) is 0. The Labute approximate surface area is 89.7 Å². The molecule has 0 saturated carbocycles. The normalized spacial score (nSPS) is 10.9. The second kappa shape index (κ2) is 6.74. The Morgan fingerprint density at radius 2 is 1.00 bits per heavy atom. The number of phosphoric ester groups is 2. The minimum absolute atomic E-state index is 0.916. The van der Waals surface area contributed by atoms with E-state index in [1.54, 1.807) is 0 Å². The van der Waals surface area contributed by atoms with Crippen molar-refractivity contribution in [3.8, 4) is 0 Å². The predicted molar refractivity (Wildman–Crippen MR) is 47.6 cm³/mol. The summed E-state index contributed by atoms with van der Waals surface area (Å²) in [4.78, 5) is 50.9. The summed E-state index contributed by atoms with van der Waals surface area (Å²) in [5.74, 6) is -1.98. The first kappa shape index (κ1) is 17.6. The van der Waals surface area contributed by atoms with Crippen molar-refractivity contribution in [3.63, 3.8) is 0 Å². The Bertz CT molecular complexity index is 301. The van der Waals surface area contributed by atoms with Crippen LogP contribution >= 0.6 is 15.6 Å². The molecule has 10 nitrogen and oxygen atoms in total. The molecular weight excluding hydrogens is 270 g/mol. The number of hydrogen-bond donors (Lipinski definition) is 4. The first-order chi connectivity index (χ1) is 6.83. The fourth-order valence-corrected chi connectivity index (χ4v) is 1.00. The summed E-state index contributed by atoms with van der Waals surface area (Å²) in [5, 5.41) is 0. The molecule has 4 N–H and O–H groups in total. The van der Waals surface area contributed by atoms with E-state index in [9.17, 15) is 18.7 Å². The Morgan fingerprint density at radius 3 is 1.00 bits per heavy atom. The zero-order valence-electron chi connectivity index (χ0n) is 8.13. The zero-order chi connectivity index (χ0) is 13.6. The van der Waals surface area contributed by atoms with Gasteiger partial charge in [0.15, 0.2) is 0 Å². The number of phosphoric acid groups is 2. The molecule has 0 radical (unpaired) electrons. The first-order valence-electron chi connectivity index (χ1n) is 3.35. The van der Waals surface area contributed by atoms with Gasteiger partial charge >= 0.3 is 27.6 Å². The van der Waals surface area contributed by atoms with Crippen LogP contribution in [0.4, 0.5) is 0 Å². The van der Waals surface area contributed by atoms with Gasteiger partial charge < -0.3 is 9.05 Å². The average molecular weight is 280 g/mol. The van der Waals surface area contributed by atoms with Gasteiger partial charge in [-0.2, -0.15) is 0 Å². The summed E-state index contributed by atoms with van der Waals surface area (Å²) in [7, 11) is -9.14. The molecule has 0 heterocycles. The average Bonchev–Trinajstić information content (AvgIpc) is 1.72.